The van der Waals surface area contributed by atoms with E-state index in [1.165, 1.54) is 12.1 Å². The minimum Gasteiger partial charge on any atom is -0.284 e. The van der Waals surface area contributed by atoms with Crippen LogP contribution in [0.1, 0.15) is 4.88 Å². The van der Waals surface area contributed by atoms with Gasteiger partial charge in [0.2, 0.25) is 6.29 Å². The van der Waals surface area contributed by atoms with Crippen LogP contribution in [0.3, 0.4) is 0 Å². The van der Waals surface area contributed by atoms with E-state index in [9.17, 15) is 13.2 Å². The van der Waals surface area contributed by atoms with Crippen LogP contribution in [-0.2, 0) is 14.6 Å². The molecule has 1 aromatic heterocycles. The van der Waals surface area contributed by atoms with Crippen molar-refractivity contribution < 1.29 is 13.2 Å². The van der Waals surface area contributed by atoms with Gasteiger partial charge in [0.25, 0.3) is 0 Å². The lowest BCUT2D eigenvalue weighted by atomic mass is 10.5. The molecule has 5 heteroatoms. The molecule has 0 saturated heterocycles. The Bertz CT molecular complexity index is 361. The van der Waals surface area contributed by atoms with E-state index in [2.05, 4.69) is 0 Å². The zero-order valence-corrected chi connectivity index (χ0v) is 7.33. The van der Waals surface area contributed by atoms with Crippen molar-refractivity contribution in [3.05, 3.63) is 17.0 Å². The predicted molar refractivity (Wildman–Crippen MR) is 42.2 cm³/mol. The molecule has 1 radical (unpaired) electrons. The van der Waals surface area contributed by atoms with E-state index >= 15 is 0 Å². The molecule has 3 nitrogen and oxygen atoms in total. The van der Waals surface area contributed by atoms with Gasteiger partial charge in [0, 0.05) is 6.26 Å². The smallest absolute Gasteiger partial charge is 0.244 e. The summed E-state index contributed by atoms with van der Waals surface area (Å²) in [6.45, 7) is 0. The summed E-state index contributed by atoms with van der Waals surface area (Å²) in [6.07, 6.45) is 2.73. The lowest BCUT2D eigenvalue weighted by Gasteiger charge is -1.86. The maximum Gasteiger partial charge on any atom is 0.244 e. The summed E-state index contributed by atoms with van der Waals surface area (Å²) in [5.74, 6) is 0. The minimum absolute atomic E-state index is 0.204. The van der Waals surface area contributed by atoms with Gasteiger partial charge >= 0.3 is 0 Å². The van der Waals surface area contributed by atoms with Crippen LogP contribution in [0.25, 0.3) is 0 Å². The van der Waals surface area contributed by atoms with Crippen LogP contribution in [0.4, 0.5) is 0 Å². The van der Waals surface area contributed by atoms with Gasteiger partial charge in [-0.25, -0.2) is 8.42 Å². The Morgan fingerprint density at radius 2 is 2.09 bits per heavy atom. The van der Waals surface area contributed by atoms with Crippen molar-refractivity contribution in [2.24, 2.45) is 0 Å². The van der Waals surface area contributed by atoms with Gasteiger partial charge in [0.15, 0.2) is 9.84 Å². The summed E-state index contributed by atoms with van der Waals surface area (Å²) in [4.78, 5) is 10.3. The normalized spacial score (nSPS) is 11.4. The van der Waals surface area contributed by atoms with E-state index in [0.29, 0.717) is 4.88 Å². The van der Waals surface area contributed by atoms with Gasteiger partial charge < -0.3 is 0 Å². The summed E-state index contributed by atoms with van der Waals surface area (Å²) in [5.41, 5.74) is 0. The number of thiophene rings is 1. The fourth-order valence-electron chi connectivity index (χ4n) is 0.574. The molecule has 0 N–H and O–H groups in total. The van der Waals surface area contributed by atoms with Crippen molar-refractivity contribution in [2.75, 3.05) is 6.26 Å². The predicted octanol–water partition coefficient (Wildman–Crippen LogP) is 0.609. The molecule has 59 valence electrons. The largest absolute Gasteiger partial charge is 0.284 e. The van der Waals surface area contributed by atoms with E-state index in [-0.39, 0.29) is 4.21 Å². The minimum atomic E-state index is -3.15. The molecule has 0 aromatic carbocycles. The molecular weight excluding hydrogens is 184 g/mol. The molecule has 0 aliphatic heterocycles. The molecule has 11 heavy (non-hydrogen) atoms. The summed E-state index contributed by atoms with van der Waals surface area (Å²) in [5, 5.41) is 0. The van der Waals surface area contributed by atoms with Gasteiger partial charge in [-0.05, 0) is 12.1 Å². The van der Waals surface area contributed by atoms with Crippen LogP contribution < -0.4 is 0 Å². The molecule has 0 bridgehead atoms. The van der Waals surface area contributed by atoms with Crippen LogP contribution in [-0.4, -0.2) is 21.0 Å². The Hall–Kier alpha value is -0.680. The fourth-order valence-corrected chi connectivity index (χ4v) is 2.29. The first-order valence-electron chi connectivity index (χ1n) is 2.72. The second-order valence-electron chi connectivity index (χ2n) is 1.99. The number of carbonyl (C=O) groups excluding carboxylic acids is 1. The second-order valence-corrected chi connectivity index (χ2v) is 5.32. The van der Waals surface area contributed by atoms with Gasteiger partial charge in [0.05, 0.1) is 4.88 Å². The van der Waals surface area contributed by atoms with Crippen molar-refractivity contribution in [1.82, 2.24) is 0 Å². The lowest BCUT2D eigenvalue weighted by Crippen LogP contribution is -1.91. The van der Waals surface area contributed by atoms with E-state index in [1.807, 2.05) is 0 Å². The maximum absolute atomic E-state index is 10.8. The van der Waals surface area contributed by atoms with E-state index in [1.54, 1.807) is 6.29 Å². The third-order valence-corrected chi connectivity index (χ3v) is 3.85. The zero-order valence-electron chi connectivity index (χ0n) is 5.70. The van der Waals surface area contributed by atoms with Gasteiger partial charge in [-0.3, -0.25) is 4.79 Å². The number of sulfone groups is 1. The summed E-state index contributed by atoms with van der Waals surface area (Å²) in [6, 6.07) is 2.84. The second kappa shape index (κ2) is 2.75. The molecule has 1 aromatic rings. The number of hydrogen-bond acceptors (Lipinski definition) is 4. The van der Waals surface area contributed by atoms with Crippen molar-refractivity contribution in [1.29, 1.82) is 0 Å². The summed E-state index contributed by atoms with van der Waals surface area (Å²) in [7, 11) is -3.15. The van der Waals surface area contributed by atoms with Gasteiger partial charge in [0.1, 0.15) is 4.21 Å². The topological polar surface area (TPSA) is 51.2 Å². The molecule has 0 aliphatic rings. The highest BCUT2D eigenvalue weighted by Crippen LogP contribution is 2.19. The molecular formula is C6H5O3S2. The first-order valence-corrected chi connectivity index (χ1v) is 5.43. The molecule has 0 aliphatic carbocycles. The first kappa shape index (κ1) is 8.42. The van der Waals surface area contributed by atoms with E-state index in [0.717, 1.165) is 17.6 Å². The Balaban J connectivity index is 3.18. The molecule has 0 amide bonds. The average molecular weight is 189 g/mol. The highest BCUT2D eigenvalue weighted by Gasteiger charge is 2.09. The average Bonchev–Trinajstić information content (AvgIpc) is 2.32. The molecule has 0 fully saturated rings. The SMILES string of the molecule is CS(=O)(=O)c1ccc([C]=O)s1. The standard InChI is InChI=1S/C6H5O3S2/c1-11(8,9)6-3-2-5(4-7)10-6/h2-3H,1H3. The molecule has 0 atom stereocenters. The Morgan fingerprint density at radius 1 is 1.45 bits per heavy atom. The Morgan fingerprint density at radius 3 is 2.36 bits per heavy atom. The maximum atomic E-state index is 10.8. The Kier molecular flexibility index (Phi) is 2.10. The van der Waals surface area contributed by atoms with Gasteiger partial charge in [-0.15, -0.1) is 11.3 Å². The number of hydrogen-bond donors (Lipinski definition) is 0. The molecule has 1 rings (SSSR count). The van der Waals surface area contributed by atoms with Crippen molar-refractivity contribution in [3.63, 3.8) is 0 Å². The lowest BCUT2D eigenvalue weighted by molar-refractivity contribution is 0.563. The van der Waals surface area contributed by atoms with Crippen molar-refractivity contribution >= 4 is 27.5 Å². The van der Waals surface area contributed by atoms with E-state index in [4.69, 9.17) is 0 Å². The fraction of sp³-hybridized carbons (Fsp3) is 0.167. The monoisotopic (exact) mass is 189 g/mol. The number of rotatable bonds is 2. The Labute approximate surface area is 68.6 Å². The van der Waals surface area contributed by atoms with E-state index < -0.39 is 9.84 Å². The highest BCUT2D eigenvalue weighted by atomic mass is 32.2. The third kappa shape index (κ3) is 1.87. The summed E-state index contributed by atoms with van der Waals surface area (Å²) >= 11 is 0.928. The van der Waals surface area contributed by atoms with Crippen LogP contribution in [0.5, 0.6) is 0 Å². The van der Waals surface area contributed by atoms with Gasteiger partial charge in [-0.1, -0.05) is 0 Å². The zero-order chi connectivity index (χ0) is 8.48. The van der Waals surface area contributed by atoms with Crippen molar-refractivity contribution in [2.45, 2.75) is 4.21 Å². The molecule has 0 unspecified atom stereocenters. The highest BCUT2D eigenvalue weighted by molar-refractivity contribution is 7.92. The van der Waals surface area contributed by atoms with Crippen LogP contribution in [0.2, 0.25) is 0 Å². The van der Waals surface area contributed by atoms with Gasteiger partial charge in [-0.2, -0.15) is 0 Å². The third-order valence-electron chi connectivity index (χ3n) is 1.05. The van der Waals surface area contributed by atoms with Crippen molar-refractivity contribution in [3.8, 4) is 0 Å². The van der Waals surface area contributed by atoms with Crippen LogP contribution >= 0.6 is 11.3 Å². The first-order chi connectivity index (χ1) is 5.04. The molecule has 1 heterocycles. The molecule has 0 spiro atoms. The van der Waals surface area contributed by atoms with Crippen LogP contribution in [0, 0.1) is 0 Å². The summed E-state index contributed by atoms with van der Waals surface area (Å²) < 4.78 is 21.9. The van der Waals surface area contributed by atoms with Crippen LogP contribution in [0.15, 0.2) is 16.3 Å². The quantitative estimate of drug-likeness (QED) is 0.685. The molecule has 0 saturated carbocycles.